The van der Waals surface area contributed by atoms with Crippen molar-refractivity contribution in [2.45, 2.75) is 13.8 Å². The van der Waals surface area contributed by atoms with Gasteiger partial charge in [-0.3, -0.25) is 4.79 Å². The molecule has 0 atom stereocenters. The van der Waals surface area contributed by atoms with Gasteiger partial charge in [-0.05, 0) is 66.8 Å². The molecule has 0 aliphatic carbocycles. The van der Waals surface area contributed by atoms with Gasteiger partial charge in [0.1, 0.15) is 11.5 Å². The number of hydrogen-bond donors (Lipinski definition) is 0. The van der Waals surface area contributed by atoms with Gasteiger partial charge in [-0.15, -0.1) is 11.3 Å². The molecule has 0 aliphatic rings. The second-order valence-corrected chi connectivity index (χ2v) is 6.57. The first kappa shape index (κ1) is 15.6. The molecule has 0 N–H and O–H groups in total. The zero-order valence-electron chi connectivity index (χ0n) is 13.6. The van der Waals surface area contributed by atoms with Crippen LogP contribution in [0, 0.1) is 13.8 Å². The van der Waals surface area contributed by atoms with Crippen molar-refractivity contribution >= 4 is 27.2 Å². The number of benzene rings is 2. The number of hydrogen-bond acceptors (Lipinski definition) is 4. The third-order valence-corrected chi connectivity index (χ3v) is 5.01. The maximum atomic E-state index is 12.7. The maximum Gasteiger partial charge on any atom is 0.202 e. The van der Waals surface area contributed by atoms with Crippen LogP contribution in [0.3, 0.4) is 0 Å². The average Bonchev–Trinajstić information content (AvgIpc) is 2.95. The minimum atomic E-state index is 0.0357. The van der Waals surface area contributed by atoms with E-state index in [9.17, 15) is 4.79 Å². The first-order valence-corrected chi connectivity index (χ1v) is 8.12. The number of carbonyl (C=O) groups is 1. The summed E-state index contributed by atoms with van der Waals surface area (Å²) in [6.45, 7) is 3.94. The van der Waals surface area contributed by atoms with Gasteiger partial charge >= 0.3 is 0 Å². The average molecular weight is 326 g/mol. The predicted octanol–water partition coefficient (Wildman–Crippen LogP) is 4.77. The van der Waals surface area contributed by atoms with Crippen molar-refractivity contribution in [3.63, 3.8) is 0 Å². The minimum absolute atomic E-state index is 0.0357. The molecule has 0 saturated carbocycles. The molecule has 3 aromatic rings. The number of fused-ring (bicyclic) bond motifs is 1. The van der Waals surface area contributed by atoms with E-state index in [0.717, 1.165) is 37.6 Å². The smallest absolute Gasteiger partial charge is 0.202 e. The van der Waals surface area contributed by atoms with Crippen LogP contribution in [0.4, 0.5) is 0 Å². The summed E-state index contributed by atoms with van der Waals surface area (Å²) in [7, 11) is 3.29. The Hall–Kier alpha value is -2.33. The normalized spacial score (nSPS) is 10.8. The maximum absolute atomic E-state index is 12.7. The van der Waals surface area contributed by atoms with E-state index in [1.807, 2.05) is 44.2 Å². The van der Waals surface area contributed by atoms with E-state index in [1.165, 1.54) is 11.3 Å². The Bertz CT molecular complexity index is 893. The molecule has 3 rings (SSSR count). The molecular formula is C19H18O3S. The fourth-order valence-corrected chi connectivity index (χ4v) is 3.71. The van der Waals surface area contributed by atoms with Gasteiger partial charge in [0.05, 0.1) is 19.1 Å². The van der Waals surface area contributed by atoms with Crippen molar-refractivity contribution in [3.05, 3.63) is 58.0 Å². The second kappa shape index (κ2) is 6.05. The molecule has 0 fully saturated rings. The van der Waals surface area contributed by atoms with Gasteiger partial charge < -0.3 is 9.47 Å². The molecule has 1 heterocycles. The SMILES string of the molecule is COc1ccc(C(=O)c2cc3cc(C)c(OC)cc3s2)cc1C. The van der Waals surface area contributed by atoms with E-state index < -0.39 is 0 Å². The largest absolute Gasteiger partial charge is 0.496 e. The number of ether oxygens (including phenoxy) is 2. The Kier molecular flexibility index (Phi) is 4.09. The summed E-state index contributed by atoms with van der Waals surface area (Å²) in [5.74, 6) is 1.67. The lowest BCUT2D eigenvalue weighted by Crippen LogP contribution is -1.99. The minimum Gasteiger partial charge on any atom is -0.496 e. The highest BCUT2D eigenvalue weighted by molar-refractivity contribution is 7.21. The van der Waals surface area contributed by atoms with Crippen LogP contribution in [-0.4, -0.2) is 20.0 Å². The number of thiophene rings is 1. The van der Waals surface area contributed by atoms with E-state index >= 15 is 0 Å². The highest BCUT2D eigenvalue weighted by Crippen LogP contribution is 2.33. The zero-order chi connectivity index (χ0) is 16.6. The van der Waals surface area contributed by atoms with Crippen LogP contribution in [-0.2, 0) is 0 Å². The number of ketones is 1. The molecule has 0 saturated heterocycles. The third-order valence-electron chi connectivity index (χ3n) is 3.91. The van der Waals surface area contributed by atoms with Gasteiger partial charge in [-0.25, -0.2) is 0 Å². The quantitative estimate of drug-likeness (QED) is 0.648. The summed E-state index contributed by atoms with van der Waals surface area (Å²) in [5, 5.41) is 1.07. The molecule has 0 unspecified atom stereocenters. The highest BCUT2D eigenvalue weighted by Gasteiger charge is 2.15. The number of rotatable bonds is 4. The van der Waals surface area contributed by atoms with E-state index in [0.29, 0.717) is 5.56 Å². The summed E-state index contributed by atoms with van der Waals surface area (Å²) >= 11 is 1.49. The van der Waals surface area contributed by atoms with Gasteiger partial charge in [0, 0.05) is 10.3 Å². The molecule has 23 heavy (non-hydrogen) atoms. The van der Waals surface area contributed by atoms with Gasteiger partial charge in [0.15, 0.2) is 0 Å². The number of methoxy groups -OCH3 is 2. The van der Waals surface area contributed by atoms with Crippen molar-refractivity contribution in [1.82, 2.24) is 0 Å². The van der Waals surface area contributed by atoms with Crippen LogP contribution in [0.25, 0.3) is 10.1 Å². The highest BCUT2D eigenvalue weighted by atomic mass is 32.1. The lowest BCUT2D eigenvalue weighted by atomic mass is 10.1. The lowest BCUT2D eigenvalue weighted by molar-refractivity contribution is 0.104. The van der Waals surface area contributed by atoms with E-state index in [1.54, 1.807) is 14.2 Å². The first-order chi connectivity index (χ1) is 11.0. The van der Waals surface area contributed by atoms with Crippen molar-refractivity contribution in [2.24, 2.45) is 0 Å². The van der Waals surface area contributed by atoms with Gasteiger partial charge in [0.25, 0.3) is 0 Å². The number of aryl methyl sites for hydroxylation is 2. The molecule has 2 aromatic carbocycles. The first-order valence-electron chi connectivity index (χ1n) is 7.31. The molecule has 118 valence electrons. The van der Waals surface area contributed by atoms with Crippen molar-refractivity contribution in [3.8, 4) is 11.5 Å². The predicted molar refractivity (Wildman–Crippen MR) is 94.3 cm³/mol. The molecule has 0 amide bonds. The van der Waals surface area contributed by atoms with Crippen LogP contribution in [0.2, 0.25) is 0 Å². The van der Waals surface area contributed by atoms with E-state index in [2.05, 4.69) is 6.07 Å². The topological polar surface area (TPSA) is 35.5 Å². The molecule has 0 radical (unpaired) electrons. The lowest BCUT2D eigenvalue weighted by Gasteiger charge is -2.05. The van der Waals surface area contributed by atoms with E-state index in [4.69, 9.17) is 9.47 Å². The summed E-state index contributed by atoms with van der Waals surface area (Å²) in [6.07, 6.45) is 0. The molecule has 3 nitrogen and oxygen atoms in total. The Morgan fingerprint density at radius 2 is 1.61 bits per heavy atom. The molecule has 0 spiro atoms. The number of carbonyl (C=O) groups excluding carboxylic acids is 1. The van der Waals surface area contributed by atoms with Crippen molar-refractivity contribution in [2.75, 3.05) is 14.2 Å². The molecular weight excluding hydrogens is 308 g/mol. The fourth-order valence-electron chi connectivity index (χ4n) is 2.68. The summed E-state index contributed by atoms with van der Waals surface area (Å²) in [6, 6.07) is 11.5. The Labute approximate surface area is 139 Å². The Morgan fingerprint density at radius 3 is 2.26 bits per heavy atom. The molecule has 4 heteroatoms. The zero-order valence-corrected chi connectivity index (χ0v) is 14.4. The van der Waals surface area contributed by atoms with Gasteiger partial charge in [-0.2, -0.15) is 0 Å². The van der Waals surface area contributed by atoms with Crippen LogP contribution in [0.15, 0.2) is 36.4 Å². The van der Waals surface area contributed by atoms with Gasteiger partial charge in [0.2, 0.25) is 5.78 Å². The monoisotopic (exact) mass is 326 g/mol. The molecule has 0 aliphatic heterocycles. The van der Waals surface area contributed by atoms with Crippen LogP contribution < -0.4 is 9.47 Å². The summed E-state index contributed by atoms with van der Waals surface area (Å²) < 4.78 is 11.7. The van der Waals surface area contributed by atoms with Crippen LogP contribution in [0.1, 0.15) is 26.4 Å². The van der Waals surface area contributed by atoms with Gasteiger partial charge in [-0.1, -0.05) is 0 Å². The Morgan fingerprint density at radius 1 is 0.913 bits per heavy atom. The summed E-state index contributed by atoms with van der Waals surface area (Å²) in [4.78, 5) is 13.5. The second-order valence-electron chi connectivity index (χ2n) is 5.48. The third kappa shape index (κ3) is 2.82. The molecule has 0 bridgehead atoms. The Balaban J connectivity index is 2.02. The van der Waals surface area contributed by atoms with Crippen LogP contribution >= 0.6 is 11.3 Å². The van der Waals surface area contributed by atoms with Crippen LogP contribution in [0.5, 0.6) is 11.5 Å². The fraction of sp³-hybridized carbons (Fsp3) is 0.211. The van der Waals surface area contributed by atoms with Crippen molar-refractivity contribution < 1.29 is 14.3 Å². The van der Waals surface area contributed by atoms with E-state index in [-0.39, 0.29) is 5.78 Å². The molecule has 1 aromatic heterocycles. The van der Waals surface area contributed by atoms with Crippen molar-refractivity contribution in [1.29, 1.82) is 0 Å². The standard InChI is InChI=1S/C19H18O3S/c1-11-7-13(5-6-15(11)21-3)19(20)18-9-14-8-12(2)16(22-4)10-17(14)23-18/h5-10H,1-4H3. The summed E-state index contributed by atoms with van der Waals surface area (Å²) in [5.41, 5.74) is 2.70.